The van der Waals surface area contributed by atoms with Crippen LogP contribution in [0.5, 0.6) is 0 Å². The molecule has 4 nitrogen and oxygen atoms in total. The van der Waals surface area contributed by atoms with Crippen molar-refractivity contribution in [3.63, 3.8) is 0 Å². The zero-order valence-electron chi connectivity index (χ0n) is 13.6. The van der Waals surface area contributed by atoms with E-state index < -0.39 is 0 Å². The van der Waals surface area contributed by atoms with E-state index in [4.69, 9.17) is 4.74 Å². The number of ketones is 1. The van der Waals surface area contributed by atoms with Crippen molar-refractivity contribution in [1.29, 1.82) is 0 Å². The molecule has 1 aliphatic carbocycles. The fourth-order valence-corrected chi connectivity index (χ4v) is 3.74. The number of benzene rings is 1. The van der Waals surface area contributed by atoms with E-state index in [1.165, 1.54) is 6.42 Å². The highest BCUT2D eigenvalue weighted by molar-refractivity contribution is 5.96. The van der Waals surface area contributed by atoms with Crippen LogP contribution in [0.1, 0.15) is 55.3 Å². The summed E-state index contributed by atoms with van der Waals surface area (Å²) >= 11 is 0. The number of carbonyl (C=O) groups is 2. The van der Waals surface area contributed by atoms with Gasteiger partial charge in [-0.25, -0.2) is 0 Å². The van der Waals surface area contributed by atoms with Crippen molar-refractivity contribution in [3.05, 3.63) is 35.9 Å². The molecule has 0 bridgehead atoms. The van der Waals surface area contributed by atoms with Gasteiger partial charge in [0.25, 0.3) is 0 Å². The maximum Gasteiger partial charge on any atom is 0.220 e. The number of ether oxygens (including phenoxy) is 1. The van der Waals surface area contributed by atoms with Gasteiger partial charge in [-0.05, 0) is 37.5 Å². The molecule has 1 amide bonds. The van der Waals surface area contributed by atoms with Crippen LogP contribution in [0.15, 0.2) is 30.3 Å². The van der Waals surface area contributed by atoms with Gasteiger partial charge in [0.15, 0.2) is 5.78 Å². The number of carbonyl (C=O) groups excluding carboxylic acids is 2. The van der Waals surface area contributed by atoms with E-state index in [1.807, 2.05) is 30.3 Å². The van der Waals surface area contributed by atoms with Crippen LogP contribution in [-0.2, 0) is 9.53 Å². The van der Waals surface area contributed by atoms with Crippen LogP contribution < -0.4 is 5.32 Å². The van der Waals surface area contributed by atoms with Gasteiger partial charge >= 0.3 is 0 Å². The highest BCUT2D eigenvalue weighted by Crippen LogP contribution is 2.48. The van der Waals surface area contributed by atoms with Crippen LogP contribution in [0.2, 0.25) is 0 Å². The van der Waals surface area contributed by atoms with Gasteiger partial charge in [-0.1, -0.05) is 30.3 Å². The Balaban J connectivity index is 1.39. The zero-order chi connectivity index (χ0) is 16.1. The lowest BCUT2D eigenvalue weighted by Crippen LogP contribution is -2.57. The standard InChI is InChI=1S/C19H25NO3/c21-16(15-5-2-1-3-6-15)7-4-8-18(22)20-17-9-10-19(17)11-13-23-14-12-19/h1-3,5-6,17H,4,7-14H2,(H,20,22). The van der Waals surface area contributed by atoms with Gasteiger partial charge in [0.1, 0.15) is 0 Å². The normalized spacial score (nSPS) is 22.3. The molecule has 1 heterocycles. The molecule has 1 aromatic carbocycles. The minimum absolute atomic E-state index is 0.0847. The summed E-state index contributed by atoms with van der Waals surface area (Å²) in [5, 5.41) is 3.18. The largest absolute Gasteiger partial charge is 0.381 e. The van der Waals surface area contributed by atoms with E-state index in [1.54, 1.807) is 0 Å². The van der Waals surface area contributed by atoms with Gasteiger partial charge in [-0.15, -0.1) is 0 Å². The third-order valence-corrected chi connectivity index (χ3v) is 5.40. The number of hydrogen-bond acceptors (Lipinski definition) is 3. The molecular formula is C19H25NO3. The Hall–Kier alpha value is -1.68. The molecule has 1 saturated heterocycles. The number of hydrogen-bond donors (Lipinski definition) is 1. The summed E-state index contributed by atoms with van der Waals surface area (Å²) in [6.07, 6.45) is 5.88. The maximum atomic E-state index is 12.1. The van der Waals surface area contributed by atoms with E-state index in [9.17, 15) is 9.59 Å². The SMILES string of the molecule is O=C(CCCC(=O)c1ccccc1)NC1CCC12CCOCC2. The Morgan fingerprint density at radius 2 is 1.83 bits per heavy atom. The molecule has 4 heteroatoms. The average Bonchev–Trinajstić information content (AvgIpc) is 2.60. The lowest BCUT2D eigenvalue weighted by Gasteiger charge is -2.52. The summed E-state index contributed by atoms with van der Waals surface area (Å²) in [5.41, 5.74) is 1.02. The van der Waals surface area contributed by atoms with Crippen LogP contribution >= 0.6 is 0 Å². The highest BCUT2D eigenvalue weighted by atomic mass is 16.5. The third-order valence-electron chi connectivity index (χ3n) is 5.40. The first-order chi connectivity index (χ1) is 11.2. The van der Waals surface area contributed by atoms with E-state index in [0.717, 1.165) is 38.0 Å². The molecule has 1 N–H and O–H groups in total. The predicted molar refractivity (Wildman–Crippen MR) is 88.3 cm³/mol. The fraction of sp³-hybridized carbons (Fsp3) is 0.579. The van der Waals surface area contributed by atoms with Crippen molar-refractivity contribution >= 4 is 11.7 Å². The third kappa shape index (κ3) is 3.81. The monoisotopic (exact) mass is 315 g/mol. The summed E-state index contributed by atoms with van der Waals surface area (Å²) < 4.78 is 5.44. The average molecular weight is 315 g/mol. The van der Waals surface area contributed by atoms with E-state index >= 15 is 0 Å². The molecule has 1 aromatic rings. The minimum Gasteiger partial charge on any atom is -0.381 e. The van der Waals surface area contributed by atoms with Gasteiger partial charge in [0.2, 0.25) is 5.91 Å². The molecule has 1 unspecified atom stereocenters. The van der Waals surface area contributed by atoms with Gasteiger partial charge < -0.3 is 10.1 Å². The van der Waals surface area contributed by atoms with Gasteiger partial charge in [-0.3, -0.25) is 9.59 Å². The minimum atomic E-state index is 0.0847. The summed E-state index contributed by atoms with van der Waals surface area (Å²) in [4.78, 5) is 24.1. The van der Waals surface area contributed by atoms with Crippen LogP contribution in [0, 0.1) is 5.41 Å². The maximum absolute atomic E-state index is 12.1. The second-order valence-electron chi connectivity index (χ2n) is 6.78. The van der Waals surface area contributed by atoms with Gasteiger partial charge in [0, 0.05) is 37.7 Å². The first kappa shape index (κ1) is 16.2. The summed E-state index contributed by atoms with van der Waals surface area (Å²) in [6.45, 7) is 1.63. The lowest BCUT2D eigenvalue weighted by molar-refractivity contribution is -0.127. The number of Topliss-reactive ketones (excluding diaryl/α,β-unsaturated/α-hetero) is 1. The molecule has 1 spiro atoms. The second-order valence-corrected chi connectivity index (χ2v) is 6.78. The fourth-order valence-electron chi connectivity index (χ4n) is 3.74. The molecule has 1 atom stereocenters. The van der Waals surface area contributed by atoms with Crippen molar-refractivity contribution in [2.45, 2.75) is 51.0 Å². The molecule has 23 heavy (non-hydrogen) atoms. The van der Waals surface area contributed by atoms with Crippen LogP contribution in [0.4, 0.5) is 0 Å². The van der Waals surface area contributed by atoms with E-state index in [-0.39, 0.29) is 17.1 Å². The molecule has 3 rings (SSSR count). The van der Waals surface area contributed by atoms with Crippen LogP contribution in [-0.4, -0.2) is 30.9 Å². The summed E-state index contributed by atoms with van der Waals surface area (Å²) in [5.74, 6) is 0.198. The molecule has 124 valence electrons. The number of nitrogens with one attached hydrogen (secondary N) is 1. The number of rotatable bonds is 6. The molecule has 2 aliphatic rings. The molecule has 0 aromatic heterocycles. The lowest BCUT2D eigenvalue weighted by atomic mass is 9.60. The van der Waals surface area contributed by atoms with Crippen LogP contribution in [0.3, 0.4) is 0 Å². The zero-order valence-corrected chi connectivity index (χ0v) is 13.6. The topological polar surface area (TPSA) is 55.4 Å². The van der Waals surface area contributed by atoms with Crippen molar-refractivity contribution in [2.75, 3.05) is 13.2 Å². The van der Waals surface area contributed by atoms with Gasteiger partial charge in [-0.2, -0.15) is 0 Å². The quantitative estimate of drug-likeness (QED) is 0.821. The molecule has 2 fully saturated rings. The first-order valence-corrected chi connectivity index (χ1v) is 8.65. The van der Waals surface area contributed by atoms with Crippen LogP contribution in [0.25, 0.3) is 0 Å². The molecular weight excluding hydrogens is 290 g/mol. The van der Waals surface area contributed by atoms with Crippen molar-refractivity contribution in [3.8, 4) is 0 Å². The predicted octanol–water partition coefficient (Wildman–Crippen LogP) is 3.12. The first-order valence-electron chi connectivity index (χ1n) is 8.65. The summed E-state index contributed by atoms with van der Waals surface area (Å²) in [6, 6.07) is 9.59. The number of amides is 1. The Bertz CT molecular complexity index is 549. The molecule has 1 aliphatic heterocycles. The molecule has 0 radical (unpaired) electrons. The van der Waals surface area contributed by atoms with Crippen molar-refractivity contribution in [2.24, 2.45) is 5.41 Å². The van der Waals surface area contributed by atoms with Crippen molar-refractivity contribution < 1.29 is 14.3 Å². The summed E-state index contributed by atoms with van der Waals surface area (Å²) in [7, 11) is 0. The smallest absolute Gasteiger partial charge is 0.220 e. The van der Waals surface area contributed by atoms with Crippen molar-refractivity contribution in [1.82, 2.24) is 5.32 Å². The highest BCUT2D eigenvalue weighted by Gasteiger charge is 2.47. The molecule has 1 saturated carbocycles. The van der Waals surface area contributed by atoms with Gasteiger partial charge in [0.05, 0.1) is 0 Å². The van der Waals surface area contributed by atoms with E-state index in [0.29, 0.717) is 25.3 Å². The second kappa shape index (κ2) is 7.26. The Morgan fingerprint density at radius 1 is 1.09 bits per heavy atom. The Kier molecular flexibility index (Phi) is 5.11. The van der Waals surface area contributed by atoms with E-state index in [2.05, 4.69) is 5.32 Å². The Labute approximate surface area is 137 Å². The Morgan fingerprint density at radius 3 is 2.48 bits per heavy atom.